The molecule has 0 aliphatic rings. The van der Waals surface area contributed by atoms with Crippen LogP contribution in [0.4, 0.5) is 5.82 Å². The number of methoxy groups -OCH3 is 1. The molecule has 1 heterocycles. The van der Waals surface area contributed by atoms with Gasteiger partial charge in [0.25, 0.3) is 5.91 Å². The topological polar surface area (TPSA) is 54.5 Å². The third-order valence-corrected chi connectivity index (χ3v) is 3.53. The average Bonchev–Trinajstić information content (AvgIpc) is 2.55. The minimum Gasteiger partial charge on any atom is -0.383 e. The Morgan fingerprint density at radius 3 is 2.52 bits per heavy atom. The molecule has 1 aromatic heterocycles. The van der Waals surface area contributed by atoms with E-state index < -0.39 is 0 Å². The van der Waals surface area contributed by atoms with E-state index in [1.165, 1.54) is 0 Å². The van der Waals surface area contributed by atoms with E-state index in [4.69, 9.17) is 16.3 Å². The monoisotopic (exact) mass is 333 g/mol. The molecule has 1 N–H and O–H groups in total. The summed E-state index contributed by atoms with van der Waals surface area (Å²) < 4.78 is 4.94. The Balaban J connectivity index is 2.31. The van der Waals surface area contributed by atoms with E-state index in [9.17, 15) is 4.79 Å². The fourth-order valence-electron chi connectivity index (χ4n) is 2.11. The van der Waals surface area contributed by atoms with Crippen LogP contribution in [0, 0.1) is 0 Å². The quantitative estimate of drug-likeness (QED) is 0.826. The summed E-state index contributed by atoms with van der Waals surface area (Å²) in [6.45, 7) is 0.931. The molecule has 0 bridgehead atoms. The summed E-state index contributed by atoms with van der Waals surface area (Å²) >= 11 is 5.92. The van der Waals surface area contributed by atoms with Crippen LogP contribution >= 0.6 is 11.6 Å². The van der Waals surface area contributed by atoms with Crippen molar-refractivity contribution in [3.8, 4) is 11.3 Å². The van der Waals surface area contributed by atoms with E-state index in [-0.39, 0.29) is 5.91 Å². The zero-order valence-electron chi connectivity index (χ0n) is 13.5. The van der Waals surface area contributed by atoms with Crippen molar-refractivity contribution in [3.63, 3.8) is 0 Å². The molecule has 0 radical (unpaired) electrons. The molecule has 0 fully saturated rings. The van der Waals surface area contributed by atoms with Gasteiger partial charge in [-0.2, -0.15) is 0 Å². The van der Waals surface area contributed by atoms with E-state index in [0.29, 0.717) is 29.6 Å². The number of nitrogens with zero attached hydrogens (tertiary/aromatic N) is 2. The smallest absolute Gasteiger partial charge is 0.255 e. The maximum atomic E-state index is 12.3. The normalized spacial score (nSPS) is 10.4. The number of hydrogen-bond acceptors (Lipinski definition) is 4. The zero-order valence-corrected chi connectivity index (χ0v) is 14.2. The van der Waals surface area contributed by atoms with Crippen molar-refractivity contribution in [2.45, 2.75) is 0 Å². The van der Waals surface area contributed by atoms with Crippen LogP contribution in [0.15, 0.2) is 36.4 Å². The first-order valence-electron chi connectivity index (χ1n) is 7.24. The van der Waals surface area contributed by atoms with Crippen molar-refractivity contribution in [3.05, 3.63) is 47.0 Å². The standard InChI is InChI=1S/C17H20ClN3O2/c1-21(2)16-14(17(22)19-10-11-23-3)8-9-15(20-16)12-4-6-13(18)7-5-12/h4-9H,10-11H2,1-3H3,(H,19,22). The van der Waals surface area contributed by atoms with Gasteiger partial charge in [-0.05, 0) is 24.3 Å². The van der Waals surface area contributed by atoms with Gasteiger partial charge in [0.2, 0.25) is 0 Å². The van der Waals surface area contributed by atoms with E-state index in [1.807, 2.05) is 49.3 Å². The van der Waals surface area contributed by atoms with Gasteiger partial charge in [-0.1, -0.05) is 23.7 Å². The molecule has 0 spiro atoms. The highest BCUT2D eigenvalue weighted by Crippen LogP contribution is 2.24. The summed E-state index contributed by atoms with van der Waals surface area (Å²) in [5.41, 5.74) is 2.27. The minimum absolute atomic E-state index is 0.166. The largest absolute Gasteiger partial charge is 0.383 e. The molecule has 6 heteroatoms. The Kier molecular flexibility index (Phi) is 5.96. The van der Waals surface area contributed by atoms with E-state index >= 15 is 0 Å². The van der Waals surface area contributed by atoms with Crippen molar-refractivity contribution in [1.82, 2.24) is 10.3 Å². The number of amides is 1. The summed E-state index contributed by atoms with van der Waals surface area (Å²) in [5.74, 6) is 0.452. The number of carbonyl (C=O) groups excluding carboxylic acids is 1. The second-order valence-electron chi connectivity index (χ2n) is 5.22. The molecule has 0 aliphatic carbocycles. The highest BCUT2D eigenvalue weighted by atomic mass is 35.5. The number of halogens is 1. The van der Waals surface area contributed by atoms with Crippen LogP contribution in [0.2, 0.25) is 5.02 Å². The first-order valence-corrected chi connectivity index (χ1v) is 7.62. The molecule has 0 saturated carbocycles. The number of rotatable bonds is 6. The number of anilines is 1. The summed E-state index contributed by atoms with van der Waals surface area (Å²) in [4.78, 5) is 18.7. The second-order valence-corrected chi connectivity index (χ2v) is 5.65. The van der Waals surface area contributed by atoms with Crippen LogP contribution in [-0.4, -0.2) is 45.2 Å². The third kappa shape index (κ3) is 4.43. The molecular formula is C17H20ClN3O2. The van der Waals surface area contributed by atoms with E-state index in [0.717, 1.165) is 11.3 Å². The van der Waals surface area contributed by atoms with Crippen molar-refractivity contribution < 1.29 is 9.53 Å². The third-order valence-electron chi connectivity index (χ3n) is 3.28. The maximum absolute atomic E-state index is 12.3. The molecule has 1 amide bonds. The zero-order chi connectivity index (χ0) is 16.8. The SMILES string of the molecule is COCCNC(=O)c1ccc(-c2ccc(Cl)cc2)nc1N(C)C. The van der Waals surface area contributed by atoms with Crippen molar-refractivity contribution >= 4 is 23.3 Å². The minimum atomic E-state index is -0.166. The van der Waals surface area contributed by atoms with E-state index in [1.54, 1.807) is 13.2 Å². The molecular weight excluding hydrogens is 314 g/mol. The molecule has 122 valence electrons. The van der Waals surface area contributed by atoms with Crippen LogP contribution in [-0.2, 0) is 4.74 Å². The van der Waals surface area contributed by atoms with Crippen LogP contribution in [0.3, 0.4) is 0 Å². The summed E-state index contributed by atoms with van der Waals surface area (Å²) in [6.07, 6.45) is 0. The molecule has 0 aliphatic heterocycles. The number of hydrogen-bond donors (Lipinski definition) is 1. The Hall–Kier alpha value is -2.11. The van der Waals surface area contributed by atoms with Gasteiger partial charge in [0.05, 0.1) is 17.9 Å². The van der Waals surface area contributed by atoms with Crippen LogP contribution < -0.4 is 10.2 Å². The van der Waals surface area contributed by atoms with Crippen LogP contribution in [0.25, 0.3) is 11.3 Å². The van der Waals surface area contributed by atoms with Gasteiger partial charge in [-0.25, -0.2) is 4.98 Å². The van der Waals surface area contributed by atoms with Gasteiger partial charge >= 0.3 is 0 Å². The number of carbonyl (C=O) groups is 1. The predicted molar refractivity (Wildman–Crippen MR) is 93.2 cm³/mol. The fraction of sp³-hybridized carbons (Fsp3) is 0.294. The number of pyridine rings is 1. The summed E-state index contributed by atoms with van der Waals surface area (Å²) in [7, 11) is 5.32. The Morgan fingerprint density at radius 1 is 1.22 bits per heavy atom. The molecule has 5 nitrogen and oxygen atoms in total. The lowest BCUT2D eigenvalue weighted by Gasteiger charge is -2.17. The first kappa shape index (κ1) is 17.2. The predicted octanol–water partition coefficient (Wildman–Crippen LogP) is 2.84. The van der Waals surface area contributed by atoms with Gasteiger partial charge in [-0.15, -0.1) is 0 Å². The lowest BCUT2D eigenvalue weighted by molar-refractivity contribution is 0.0937. The highest BCUT2D eigenvalue weighted by Gasteiger charge is 2.15. The van der Waals surface area contributed by atoms with Crippen molar-refractivity contribution in [2.24, 2.45) is 0 Å². The van der Waals surface area contributed by atoms with Gasteiger partial charge in [-0.3, -0.25) is 4.79 Å². The number of benzene rings is 1. The molecule has 2 rings (SSSR count). The van der Waals surface area contributed by atoms with Gasteiger partial charge < -0.3 is 15.0 Å². The lowest BCUT2D eigenvalue weighted by Crippen LogP contribution is -2.29. The average molecular weight is 334 g/mol. The van der Waals surface area contributed by atoms with E-state index in [2.05, 4.69) is 10.3 Å². The summed E-state index contributed by atoms with van der Waals surface area (Å²) in [5, 5.41) is 3.49. The Bertz CT molecular complexity index is 672. The molecule has 1 aromatic carbocycles. The fourth-order valence-corrected chi connectivity index (χ4v) is 2.24. The lowest BCUT2D eigenvalue weighted by atomic mass is 10.1. The molecule has 0 saturated heterocycles. The van der Waals surface area contributed by atoms with Crippen molar-refractivity contribution in [1.29, 1.82) is 0 Å². The van der Waals surface area contributed by atoms with Gasteiger partial charge in [0, 0.05) is 38.3 Å². The number of ether oxygens (including phenoxy) is 1. The Morgan fingerprint density at radius 2 is 1.91 bits per heavy atom. The summed E-state index contributed by atoms with van der Waals surface area (Å²) in [6, 6.07) is 11.1. The first-order chi connectivity index (χ1) is 11.0. The maximum Gasteiger partial charge on any atom is 0.255 e. The Labute approximate surface area is 141 Å². The molecule has 2 aromatic rings. The van der Waals surface area contributed by atoms with Gasteiger partial charge in [0.1, 0.15) is 5.82 Å². The molecule has 0 unspecified atom stereocenters. The van der Waals surface area contributed by atoms with Crippen LogP contribution in [0.1, 0.15) is 10.4 Å². The van der Waals surface area contributed by atoms with Crippen molar-refractivity contribution in [2.75, 3.05) is 39.3 Å². The second kappa shape index (κ2) is 7.94. The number of aromatic nitrogens is 1. The van der Waals surface area contributed by atoms with Crippen LogP contribution in [0.5, 0.6) is 0 Å². The molecule has 23 heavy (non-hydrogen) atoms. The number of nitrogens with one attached hydrogen (secondary N) is 1. The van der Waals surface area contributed by atoms with Gasteiger partial charge in [0.15, 0.2) is 0 Å². The highest BCUT2D eigenvalue weighted by molar-refractivity contribution is 6.30. The molecule has 0 atom stereocenters.